The lowest BCUT2D eigenvalue weighted by molar-refractivity contribution is 0.0526. The molecule has 0 bridgehead atoms. The summed E-state index contributed by atoms with van der Waals surface area (Å²) in [6, 6.07) is 0.382. The van der Waals surface area contributed by atoms with Crippen LogP contribution in [0.25, 0.3) is 0 Å². The molecule has 0 saturated heterocycles. The summed E-state index contributed by atoms with van der Waals surface area (Å²) >= 11 is 0. The molecule has 6 nitrogen and oxygen atoms in total. The van der Waals surface area contributed by atoms with Crippen molar-refractivity contribution in [2.75, 3.05) is 24.3 Å². The standard InChI is InChI=1S/C13H20N4O2/c1-3-19-12(18)10-8-15-13(14-2)17-11(10)16-9-6-4-5-7-9/h8-9H,3-7H2,1-2H3,(H2,14,15,16,17). The number of carbonyl (C=O) groups excluding carboxylic acids is 1. The molecule has 0 aliphatic heterocycles. The number of hydrogen-bond donors (Lipinski definition) is 2. The van der Waals surface area contributed by atoms with Crippen molar-refractivity contribution in [2.24, 2.45) is 0 Å². The van der Waals surface area contributed by atoms with E-state index in [9.17, 15) is 4.79 Å². The zero-order valence-electron chi connectivity index (χ0n) is 11.4. The van der Waals surface area contributed by atoms with Crippen LogP contribution < -0.4 is 10.6 Å². The fourth-order valence-corrected chi connectivity index (χ4v) is 2.23. The largest absolute Gasteiger partial charge is 0.462 e. The summed E-state index contributed by atoms with van der Waals surface area (Å²) in [6.07, 6.45) is 6.17. The molecule has 0 spiro atoms. The number of nitrogens with one attached hydrogen (secondary N) is 2. The highest BCUT2D eigenvalue weighted by molar-refractivity contribution is 5.94. The van der Waals surface area contributed by atoms with E-state index in [1.54, 1.807) is 14.0 Å². The lowest BCUT2D eigenvalue weighted by Crippen LogP contribution is -2.20. The summed E-state index contributed by atoms with van der Waals surface area (Å²) in [4.78, 5) is 20.3. The highest BCUT2D eigenvalue weighted by Crippen LogP contribution is 2.24. The Labute approximate surface area is 113 Å². The Morgan fingerprint density at radius 1 is 1.47 bits per heavy atom. The molecule has 0 aromatic carbocycles. The van der Waals surface area contributed by atoms with Crippen molar-refractivity contribution in [3.8, 4) is 0 Å². The maximum atomic E-state index is 11.9. The van der Waals surface area contributed by atoms with Gasteiger partial charge >= 0.3 is 5.97 Å². The minimum absolute atomic E-state index is 0.343. The molecule has 2 N–H and O–H groups in total. The van der Waals surface area contributed by atoms with Gasteiger partial charge < -0.3 is 15.4 Å². The van der Waals surface area contributed by atoms with E-state index in [4.69, 9.17) is 4.74 Å². The van der Waals surface area contributed by atoms with Gasteiger partial charge in [0, 0.05) is 19.3 Å². The molecule has 1 aromatic rings. The Morgan fingerprint density at radius 3 is 2.84 bits per heavy atom. The van der Waals surface area contributed by atoms with Crippen molar-refractivity contribution in [3.63, 3.8) is 0 Å². The first-order chi connectivity index (χ1) is 9.24. The summed E-state index contributed by atoms with van der Waals surface area (Å²) in [5.74, 6) is 0.670. The topological polar surface area (TPSA) is 76.1 Å². The van der Waals surface area contributed by atoms with Crippen molar-refractivity contribution >= 4 is 17.7 Å². The van der Waals surface area contributed by atoms with E-state index in [-0.39, 0.29) is 5.97 Å². The fraction of sp³-hybridized carbons (Fsp3) is 0.615. The number of anilines is 2. The quantitative estimate of drug-likeness (QED) is 0.793. The van der Waals surface area contributed by atoms with Crippen molar-refractivity contribution in [2.45, 2.75) is 38.6 Å². The highest BCUT2D eigenvalue weighted by atomic mass is 16.5. The van der Waals surface area contributed by atoms with Crippen molar-refractivity contribution in [1.82, 2.24) is 9.97 Å². The van der Waals surface area contributed by atoms with Crippen LogP contribution in [-0.2, 0) is 4.74 Å². The van der Waals surface area contributed by atoms with E-state index in [0.717, 1.165) is 12.8 Å². The number of aromatic nitrogens is 2. The average Bonchev–Trinajstić information content (AvgIpc) is 2.91. The van der Waals surface area contributed by atoms with Gasteiger partial charge in [0.15, 0.2) is 0 Å². The van der Waals surface area contributed by atoms with Crippen LogP contribution in [0.1, 0.15) is 43.0 Å². The molecule has 104 valence electrons. The predicted molar refractivity (Wildman–Crippen MR) is 73.4 cm³/mol. The monoisotopic (exact) mass is 264 g/mol. The molecule has 0 amide bonds. The van der Waals surface area contributed by atoms with Gasteiger partial charge in [0.05, 0.1) is 6.61 Å². The Bertz CT molecular complexity index is 444. The molecule has 1 fully saturated rings. The van der Waals surface area contributed by atoms with E-state index < -0.39 is 0 Å². The number of carbonyl (C=O) groups is 1. The molecule has 6 heteroatoms. The minimum atomic E-state index is -0.384. The molecular formula is C13H20N4O2. The van der Waals surface area contributed by atoms with Gasteiger partial charge in [0.1, 0.15) is 11.4 Å². The summed E-state index contributed by atoms with van der Waals surface area (Å²) in [6.45, 7) is 2.13. The number of hydrogen-bond acceptors (Lipinski definition) is 6. The summed E-state index contributed by atoms with van der Waals surface area (Å²) in [7, 11) is 1.75. The third-order valence-corrected chi connectivity index (χ3v) is 3.20. The van der Waals surface area contributed by atoms with Gasteiger partial charge in [-0.15, -0.1) is 0 Å². The van der Waals surface area contributed by atoms with Gasteiger partial charge in [-0.2, -0.15) is 4.98 Å². The van der Waals surface area contributed by atoms with Crippen LogP contribution in [0.15, 0.2) is 6.20 Å². The molecule has 0 atom stereocenters. The second-order valence-corrected chi connectivity index (χ2v) is 4.55. The molecular weight excluding hydrogens is 244 g/mol. The molecule has 1 aliphatic rings. The zero-order chi connectivity index (χ0) is 13.7. The van der Waals surface area contributed by atoms with Gasteiger partial charge in [-0.25, -0.2) is 9.78 Å². The Hall–Kier alpha value is -1.85. The maximum Gasteiger partial charge on any atom is 0.343 e. The number of nitrogens with zero attached hydrogens (tertiary/aromatic N) is 2. The molecule has 2 rings (SSSR count). The first kappa shape index (κ1) is 13.6. The molecule has 0 radical (unpaired) electrons. The number of esters is 1. The van der Waals surface area contributed by atoms with Gasteiger partial charge in [-0.3, -0.25) is 0 Å². The van der Waals surface area contributed by atoms with E-state index in [1.807, 2.05) is 0 Å². The fourth-order valence-electron chi connectivity index (χ4n) is 2.23. The van der Waals surface area contributed by atoms with Crippen LogP contribution in [0.5, 0.6) is 0 Å². The van der Waals surface area contributed by atoms with Crippen molar-refractivity contribution in [1.29, 1.82) is 0 Å². The van der Waals surface area contributed by atoms with Crippen LogP contribution in [-0.4, -0.2) is 35.6 Å². The van der Waals surface area contributed by atoms with Crippen molar-refractivity contribution in [3.05, 3.63) is 11.8 Å². The SMILES string of the molecule is CCOC(=O)c1cnc(NC)nc1NC1CCCC1. The van der Waals surface area contributed by atoms with Crippen LogP contribution in [0.3, 0.4) is 0 Å². The van der Waals surface area contributed by atoms with E-state index >= 15 is 0 Å². The third kappa shape index (κ3) is 3.33. The van der Waals surface area contributed by atoms with E-state index in [0.29, 0.717) is 30.0 Å². The predicted octanol–water partition coefficient (Wildman–Crippen LogP) is 2.05. The lowest BCUT2D eigenvalue weighted by atomic mass is 10.2. The van der Waals surface area contributed by atoms with Crippen LogP contribution in [0.2, 0.25) is 0 Å². The number of rotatable bonds is 5. The van der Waals surface area contributed by atoms with Gasteiger partial charge in [0.25, 0.3) is 0 Å². The maximum absolute atomic E-state index is 11.9. The van der Waals surface area contributed by atoms with Crippen molar-refractivity contribution < 1.29 is 9.53 Å². The minimum Gasteiger partial charge on any atom is -0.462 e. The number of ether oxygens (including phenoxy) is 1. The Morgan fingerprint density at radius 2 is 2.21 bits per heavy atom. The second-order valence-electron chi connectivity index (χ2n) is 4.55. The normalized spacial score (nSPS) is 15.3. The first-order valence-corrected chi connectivity index (χ1v) is 6.73. The second kappa shape index (κ2) is 6.36. The zero-order valence-corrected chi connectivity index (χ0v) is 11.4. The molecule has 1 aliphatic carbocycles. The first-order valence-electron chi connectivity index (χ1n) is 6.73. The molecule has 0 unspecified atom stereocenters. The van der Waals surface area contributed by atoms with E-state index in [2.05, 4.69) is 20.6 Å². The summed E-state index contributed by atoms with van der Waals surface area (Å²) in [5, 5.41) is 6.21. The van der Waals surface area contributed by atoms with Crippen LogP contribution in [0, 0.1) is 0 Å². The molecule has 19 heavy (non-hydrogen) atoms. The summed E-state index contributed by atoms with van der Waals surface area (Å²) in [5.41, 5.74) is 0.396. The third-order valence-electron chi connectivity index (χ3n) is 3.20. The molecule has 1 saturated carbocycles. The summed E-state index contributed by atoms with van der Waals surface area (Å²) < 4.78 is 5.03. The Balaban J connectivity index is 2.22. The molecule has 1 aromatic heterocycles. The smallest absolute Gasteiger partial charge is 0.343 e. The average molecular weight is 264 g/mol. The van der Waals surface area contributed by atoms with Crippen LogP contribution in [0.4, 0.5) is 11.8 Å². The Kier molecular flexibility index (Phi) is 4.54. The van der Waals surface area contributed by atoms with Gasteiger partial charge in [0.2, 0.25) is 5.95 Å². The van der Waals surface area contributed by atoms with Gasteiger partial charge in [-0.05, 0) is 19.8 Å². The van der Waals surface area contributed by atoms with Gasteiger partial charge in [-0.1, -0.05) is 12.8 Å². The molecule has 1 heterocycles. The lowest BCUT2D eigenvalue weighted by Gasteiger charge is -2.15. The van der Waals surface area contributed by atoms with E-state index in [1.165, 1.54) is 19.0 Å². The van der Waals surface area contributed by atoms with Crippen LogP contribution >= 0.6 is 0 Å². The highest BCUT2D eigenvalue weighted by Gasteiger charge is 2.20.